The Bertz CT molecular complexity index is 616. The molecule has 12 heteroatoms. The molecule has 1 atom stereocenters. The summed E-state index contributed by atoms with van der Waals surface area (Å²) in [7, 11) is -7.93. The van der Waals surface area contributed by atoms with E-state index in [1.165, 1.54) is 0 Å². The molecule has 1 rings (SSSR count). The van der Waals surface area contributed by atoms with Crippen LogP contribution in [0.15, 0.2) is 28.0 Å². The Labute approximate surface area is 115 Å². The number of thioether (sulfide) groups is 1. The van der Waals surface area contributed by atoms with Crippen molar-refractivity contribution in [2.75, 3.05) is 6.35 Å². The Balaban J connectivity index is 3.25. The van der Waals surface area contributed by atoms with Crippen LogP contribution in [0.3, 0.4) is 0 Å². The zero-order chi connectivity index (χ0) is 15.6. The molecule has 1 aromatic carbocycles. The van der Waals surface area contributed by atoms with Gasteiger partial charge in [0.15, 0.2) is 0 Å². The van der Waals surface area contributed by atoms with Crippen LogP contribution in [0, 0.1) is 5.82 Å². The molecule has 0 aliphatic carbocycles. The van der Waals surface area contributed by atoms with Crippen LogP contribution in [-0.2, 0) is 18.9 Å². The summed E-state index contributed by atoms with van der Waals surface area (Å²) in [6.07, 6.45) is -1.18. The number of benzene rings is 1. The van der Waals surface area contributed by atoms with E-state index in [1.807, 2.05) is 0 Å². The van der Waals surface area contributed by atoms with Crippen molar-refractivity contribution < 1.29 is 39.6 Å². The molecule has 0 heterocycles. The summed E-state index contributed by atoms with van der Waals surface area (Å²) in [6.45, 7) is 0. The van der Waals surface area contributed by atoms with Crippen LogP contribution in [0.2, 0.25) is 0 Å². The van der Waals surface area contributed by atoms with E-state index in [2.05, 4.69) is 4.18 Å². The van der Waals surface area contributed by atoms with E-state index in [1.54, 1.807) is 0 Å². The third-order valence-electron chi connectivity index (χ3n) is 1.72. The number of alkyl halides is 3. The van der Waals surface area contributed by atoms with E-state index < -0.39 is 57.4 Å². The SMILES string of the molecule is O=[P+](O)COS(=O)(=O)c1c(F)cccc1SC(F)(F)F. The smallest absolute Gasteiger partial charge is 0.213 e. The highest BCUT2D eigenvalue weighted by atomic mass is 32.2. The summed E-state index contributed by atoms with van der Waals surface area (Å²) in [6, 6.07) is 2.28. The van der Waals surface area contributed by atoms with Gasteiger partial charge in [-0.25, -0.2) is 8.57 Å². The topological polar surface area (TPSA) is 80.7 Å². The first-order valence-electron chi connectivity index (χ1n) is 4.60. The highest BCUT2D eigenvalue weighted by Crippen LogP contribution is 2.41. The largest absolute Gasteiger partial charge is 0.535 e. The standard InChI is InChI=1S/C8H5F4O5PS2/c9-5-2-1-3-6(19-8(10,11)12)7(5)20(15,16)17-4-18(13)14/h1-3H,4H2/p+1. The summed E-state index contributed by atoms with van der Waals surface area (Å²) in [5.74, 6) is -1.45. The number of hydrogen-bond donors (Lipinski definition) is 1. The van der Waals surface area contributed by atoms with E-state index in [0.29, 0.717) is 6.07 Å². The minimum Gasteiger partial charge on any atom is -0.213 e. The lowest BCUT2D eigenvalue weighted by Gasteiger charge is -2.11. The van der Waals surface area contributed by atoms with Crippen LogP contribution in [-0.4, -0.2) is 25.2 Å². The molecule has 0 aliphatic heterocycles. The summed E-state index contributed by atoms with van der Waals surface area (Å²) in [5, 5.41) is 0. The van der Waals surface area contributed by atoms with Crippen molar-refractivity contribution >= 4 is 29.9 Å². The second-order valence-electron chi connectivity index (χ2n) is 3.17. The maximum absolute atomic E-state index is 13.5. The van der Waals surface area contributed by atoms with Crippen LogP contribution in [0.1, 0.15) is 0 Å². The third-order valence-corrected chi connectivity index (χ3v) is 4.51. The molecule has 112 valence electrons. The molecule has 0 aromatic heterocycles. The van der Waals surface area contributed by atoms with E-state index >= 15 is 0 Å². The molecule has 0 radical (unpaired) electrons. The zero-order valence-electron chi connectivity index (χ0n) is 9.29. The molecule has 5 nitrogen and oxygen atoms in total. The first kappa shape index (κ1) is 17.3. The maximum atomic E-state index is 13.5. The van der Waals surface area contributed by atoms with Gasteiger partial charge in [-0.15, -0.1) is 0 Å². The van der Waals surface area contributed by atoms with E-state index in [4.69, 9.17) is 4.89 Å². The molecule has 1 unspecified atom stereocenters. The predicted molar refractivity (Wildman–Crippen MR) is 61.3 cm³/mol. The molecule has 1 aromatic rings. The molecule has 0 saturated carbocycles. The van der Waals surface area contributed by atoms with Gasteiger partial charge < -0.3 is 0 Å². The minimum absolute atomic E-state index is 0.635. The lowest BCUT2D eigenvalue weighted by Crippen LogP contribution is -2.11. The zero-order valence-corrected chi connectivity index (χ0v) is 11.8. The van der Waals surface area contributed by atoms with E-state index in [-0.39, 0.29) is 0 Å². The second kappa shape index (κ2) is 6.35. The van der Waals surface area contributed by atoms with Crippen LogP contribution in [0.5, 0.6) is 0 Å². The summed E-state index contributed by atoms with van der Waals surface area (Å²) >= 11 is -0.832. The van der Waals surface area contributed by atoms with E-state index in [0.717, 1.165) is 12.1 Å². The third kappa shape index (κ3) is 4.98. The average molecular weight is 353 g/mol. The molecule has 0 bridgehead atoms. The van der Waals surface area contributed by atoms with Crippen molar-refractivity contribution in [3.05, 3.63) is 24.0 Å². The Morgan fingerprint density at radius 2 is 1.95 bits per heavy atom. The summed E-state index contributed by atoms with van der Waals surface area (Å²) in [5.41, 5.74) is -4.83. The van der Waals surface area contributed by atoms with Gasteiger partial charge in [-0.2, -0.15) is 26.5 Å². The number of hydrogen-bond acceptors (Lipinski definition) is 5. The molecular formula is C8H6F4O5PS2+. The van der Waals surface area contributed by atoms with Crippen LogP contribution in [0.4, 0.5) is 17.6 Å². The Morgan fingerprint density at radius 1 is 1.35 bits per heavy atom. The number of halogens is 4. The Morgan fingerprint density at radius 3 is 2.45 bits per heavy atom. The predicted octanol–water partition coefficient (Wildman–Crippen LogP) is 2.84. The minimum atomic E-state index is -4.93. The van der Waals surface area contributed by atoms with Gasteiger partial charge in [0.2, 0.25) is 0 Å². The quantitative estimate of drug-likeness (QED) is 0.379. The molecule has 1 N–H and O–H groups in total. The maximum Gasteiger partial charge on any atom is 0.535 e. The fraction of sp³-hybridized carbons (Fsp3) is 0.250. The number of rotatable bonds is 5. The molecule has 20 heavy (non-hydrogen) atoms. The molecule has 0 fully saturated rings. The van der Waals surface area contributed by atoms with Crippen molar-refractivity contribution in [1.82, 2.24) is 0 Å². The first-order chi connectivity index (χ1) is 9.03. The van der Waals surface area contributed by atoms with Gasteiger partial charge in [-0.05, 0) is 28.5 Å². The lowest BCUT2D eigenvalue weighted by molar-refractivity contribution is -0.0329. The van der Waals surface area contributed by atoms with Gasteiger partial charge in [0.1, 0.15) is 10.7 Å². The van der Waals surface area contributed by atoms with Crippen LogP contribution < -0.4 is 0 Å². The van der Waals surface area contributed by atoms with E-state index in [9.17, 15) is 30.5 Å². The molecule has 0 spiro atoms. The van der Waals surface area contributed by atoms with Gasteiger partial charge in [-0.3, -0.25) is 0 Å². The van der Waals surface area contributed by atoms with Gasteiger partial charge >= 0.3 is 23.7 Å². The summed E-state index contributed by atoms with van der Waals surface area (Å²) in [4.78, 5) is 6.18. The fourth-order valence-electron chi connectivity index (χ4n) is 1.11. The first-order valence-corrected chi connectivity index (χ1v) is 8.22. The van der Waals surface area contributed by atoms with Gasteiger partial charge in [0.25, 0.3) is 6.35 Å². The van der Waals surface area contributed by atoms with Crippen LogP contribution in [0.25, 0.3) is 0 Å². The second-order valence-corrected chi connectivity index (χ2v) is 6.79. The highest BCUT2D eigenvalue weighted by Gasteiger charge is 2.35. The monoisotopic (exact) mass is 353 g/mol. The van der Waals surface area contributed by atoms with Gasteiger partial charge in [0.05, 0.1) is 0 Å². The Hall–Kier alpha value is -0.740. The molecule has 0 amide bonds. The Kier molecular flexibility index (Phi) is 5.50. The van der Waals surface area contributed by atoms with Crippen molar-refractivity contribution in [2.45, 2.75) is 15.3 Å². The molecule has 0 aliphatic rings. The van der Waals surface area contributed by atoms with Crippen molar-refractivity contribution in [2.24, 2.45) is 0 Å². The normalized spacial score (nSPS) is 13.3. The average Bonchev–Trinajstić information content (AvgIpc) is 2.24. The summed E-state index contributed by atoms with van der Waals surface area (Å²) < 4.78 is 87.8. The van der Waals surface area contributed by atoms with Crippen molar-refractivity contribution in [3.63, 3.8) is 0 Å². The van der Waals surface area contributed by atoms with Crippen LogP contribution >= 0.6 is 19.8 Å². The van der Waals surface area contributed by atoms with Gasteiger partial charge in [0, 0.05) is 4.90 Å². The lowest BCUT2D eigenvalue weighted by atomic mass is 10.3. The van der Waals surface area contributed by atoms with Gasteiger partial charge in [-0.1, -0.05) is 6.07 Å². The van der Waals surface area contributed by atoms with Crippen molar-refractivity contribution in [1.29, 1.82) is 0 Å². The molecule has 0 saturated heterocycles. The van der Waals surface area contributed by atoms with Crippen molar-refractivity contribution in [3.8, 4) is 0 Å². The molecular weight excluding hydrogens is 347 g/mol. The fourth-order valence-corrected chi connectivity index (χ4v) is 3.78. The highest BCUT2D eigenvalue weighted by molar-refractivity contribution is 8.00.